The number of rotatable bonds is 4. The third kappa shape index (κ3) is 2.70. The number of hydrogen-bond donors (Lipinski definition) is 3. The summed E-state index contributed by atoms with van der Waals surface area (Å²) in [5.41, 5.74) is 0.118. The van der Waals surface area contributed by atoms with Gasteiger partial charge >= 0.3 is 11.9 Å². The predicted molar refractivity (Wildman–Crippen MR) is 50.7 cm³/mol. The van der Waals surface area contributed by atoms with Gasteiger partial charge in [-0.15, -0.1) is 0 Å². The molecule has 0 aliphatic heterocycles. The summed E-state index contributed by atoms with van der Waals surface area (Å²) < 4.78 is 0. The molecule has 0 saturated carbocycles. The maximum absolute atomic E-state index is 10.8. The van der Waals surface area contributed by atoms with Gasteiger partial charge < -0.3 is 15.3 Å². The third-order valence-electron chi connectivity index (χ3n) is 1.99. The summed E-state index contributed by atoms with van der Waals surface area (Å²) in [5, 5.41) is 26.8. The Labute approximate surface area is 85.6 Å². The first-order valence-electron chi connectivity index (χ1n) is 4.25. The van der Waals surface area contributed by atoms with Crippen LogP contribution in [0.2, 0.25) is 0 Å². The van der Waals surface area contributed by atoms with Gasteiger partial charge in [-0.2, -0.15) is 0 Å². The van der Waals surface area contributed by atoms with Crippen LogP contribution in [0.1, 0.15) is 17.9 Å². The van der Waals surface area contributed by atoms with Crippen molar-refractivity contribution in [2.75, 3.05) is 0 Å². The molecule has 0 fully saturated rings. The molecule has 0 spiro atoms. The zero-order valence-electron chi connectivity index (χ0n) is 7.75. The fourth-order valence-electron chi connectivity index (χ4n) is 1.29. The van der Waals surface area contributed by atoms with Gasteiger partial charge in [-0.25, -0.2) is 0 Å². The average Bonchev–Trinajstić information content (AvgIpc) is 2.15. The molecule has 1 aromatic carbocycles. The van der Waals surface area contributed by atoms with Crippen molar-refractivity contribution in [2.45, 2.75) is 12.3 Å². The molecule has 0 unspecified atom stereocenters. The van der Waals surface area contributed by atoms with Crippen LogP contribution in [0.4, 0.5) is 0 Å². The highest BCUT2D eigenvalue weighted by molar-refractivity contribution is 5.83. The molecule has 80 valence electrons. The smallest absolute Gasteiger partial charge is 0.311 e. The van der Waals surface area contributed by atoms with Crippen molar-refractivity contribution >= 4 is 11.9 Å². The van der Waals surface area contributed by atoms with Crippen LogP contribution in [0.5, 0.6) is 5.75 Å². The van der Waals surface area contributed by atoms with Crippen molar-refractivity contribution in [2.24, 2.45) is 0 Å². The number of aromatic hydroxyl groups is 1. The summed E-state index contributed by atoms with van der Waals surface area (Å²) in [5.74, 6) is -3.90. The number of phenolic OH excluding ortho intramolecular Hbond substituents is 1. The highest BCUT2D eigenvalue weighted by Crippen LogP contribution is 2.28. The van der Waals surface area contributed by atoms with E-state index in [1.165, 1.54) is 12.1 Å². The van der Waals surface area contributed by atoms with Crippen molar-refractivity contribution in [3.63, 3.8) is 0 Å². The zero-order valence-corrected chi connectivity index (χ0v) is 7.75. The number of carbonyl (C=O) groups is 2. The molecule has 0 bridgehead atoms. The van der Waals surface area contributed by atoms with E-state index in [0.717, 1.165) is 0 Å². The fraction of sp³-hybridized carbons (Fsp3) is 0.200. The summed E-state index contributed by atoms with van der Waals surface area (Å²) in [6.07, 6.45) is -0.549. The van der Waals surface area contributed by atoms with Gasteiger partial charge in [0.05, 0.1) is 12.3 Å². The van der Waals surface area contributed by atoms with E-state index in [1.54, 1.807) is 12.1 Å². The quantitative estimate of drug-likeness (QED) is 0.690. The van der Waals surface area contributed by atoms with Gasteiger partial charge in [0.25, 0.3) is 0 Å². The summed E-state index contributed by atoms with van der Waals surface area (Å²) in [6.45, 7) is 0. The molecule has 0 radical (unpaired) electrons. The molecule has 15 heavy (non-hydrogen) atoms. The summed E-state index contributed by atoms with van der Waals surface area (Å²) in [4.78, 5) is 21.3. The lowest BCUT2D eigenvalue weighted by molar-refractivity contribution is -0.145. The Hall–Kier alpha value is -2.04. The van der Waals surface area contributed by atoms with Crippen LogP contribution in [0.3, 0.4) is 0 Å². The van der Waals surface area contributed by atoms with E-state index < -0.39 is 24.3 Å². The summed E-state index contributed by atoms with van der Waals surface area (Å²) >= 11 is 0. The number of benzene rings is 1. The topological polar surface area (TPSA) is 94.8 Å². The monoisotopic (exact) mass is 210 g/mol. The molecule has 1 atom stereocenters. The van der Waals surface area contributed by atoms with E-state index in [0.29, 0.717) is 0 Å². The van der Waals surface area contributed by atoms with Crippen LogP contribution in [-0.4, -0.2) is 27.3 Å². The molecule has 0 aromatic heterocycles. The first kappa shape index (κ1) is 11.0. The number of phenols is 1. The maximum atomic E-state index is 10.8. The van der Waals surface area contributed by atoms with Gasteiger partial charge in [0.1, 0.15) is 5.75 Å². The highest BCUT2D eigenvalue weighted by Gasteiger charge is 2.25. The average molecular weight is 210 g/mol. The van der Waals surface area contributed by atoms with E-state index in [9.17, 15) is 14.7 Å². The van der Waals surface area contributed by atoms with Crippen LogP contribution in [-0.2, 0) is 9.59 Å². The summed E-state index contributed by atoms with van der Waals surface area (Å²) in [6, 6.07) is 5.82. The molecule has 1 rings (SSSR count). The zero-order chi connectivity index (χ0) is 11.4. The molecule has 0 amide bonds. The van der Waals surface area contributed by atoms with E-state index >= 15 is 0 Å². The van der Waals surface area contributed by atoms with E-state index in [1.807, 2.05) is 0 Å². The van der Waals surface area contributed by atoms with E-state index in [4.69, 9.17) is 10.2 Å². The first-order valence-corrected chi connectivity index (χ1v) is 4.25. The minimum Gasteiger partial charge on any atom is -0.508 e. The SMILES string of the molecule is O=C(O)C[C@@H](C(=O)O)c1ccccc1O. The first-order chi connectivity index (χ1) is 7.02. The normalized spacial score (nSPS) is 12.0. The van der Waals surface area contributed by atoms with Crippen LogP contribution in [0.25, 0.3) is 0 Å². The van der Waals surface area contributed by atoms with Crippen molar-refractivity contribution in [1.82, 2.24) is 0 Å². The van der Waals surface area contributed by atoms with Gasteiger partial charge in [-0.1, -0.05) is 18.2 Å². The van der Waals surface area contributed by atoms with Crippen LogP contribution >= 0.6 is 0 Å². The molecule has 0 aliphatic rings. The van der Waals surface area contributed by atoms with Gasteiger partial charge in [0.15, 0.2) is 0 Å². The van der Waals surface area contributed by atoms with Crippen LogP contribution in [0.15, 0.2) is 24.3 Å². The Bertz CT molecular complexity index is 385. The molecule has 1 aromatic rings. The Morgan fingerprint density at radius 1 is 1.20 bits per heavy atom. The minimum absolute atomic E-state index is 0.118. The van der Waals surface area contributed by atoms with Gasteiger partial charge in [0.2, 0.25) is 0 Å². The Morgan fingerprint density at radius 2 is 1.80 bits per heavy atom. The second kappa shape index (κ2) is 4.45. The lowest BCUT2D eigenvalue weighted by Gasteiger charge is -2.11. The van der Waals surface area contributed by atoms with E-state index in [2.05, 4.69) is 0 Å². The Kier molecular flexibility index (Phi) is 3.28. The Balaban J connectivity index is 3.04. The second-order valence-corrected chi connectivity index (χ2v) is 3.05. The van der Waals surface area contributed by atoms with Crippen molar-refractivity contribution in [3.05, 3.63) is 29.8 Å². The maximum Gasteiger partial charge on any atom is 0.311 e. The molecule has 5 nitrogen and oxygen atoms in total. The van der Waals surface area contributed by atoms with Gasteiger partial charge in [0, 0.05) is 5.56 Å². The number of carboxylic acid groups (broad SMARTS) is 2. The number of hydrogen-bond acceptors (Lipinski definition) is 3. The standard InChI is InChI=1S/C10H10O5/c11-8-4-2-1-3-6(8)7(10(14)15)5-9(12)13/h1-4,7,11H,5H2,(H,12,13)(H,14,15)/t7-/m1/s1. The van der Waals surface area contributed by atoms with Crippen molar-refractivity contribution in [1.29, 1.82) is 0 Å². The van der Waals surface area contributed by atoms with Crippen LogP contribution < -0.4 is 0 Å². The number of carboxylic acids is 2. The lowest BCUT2D eigenvalue weighted by Crippen LogP contribution is -2.15. The lowest BCUT2D eigenvalue weighted by atomic mass is 9.95. The number of aliphatic carboxylic acids is 2. The van der Waals surface area contributed by atoms with Crippen LogP contribution in [0, 0.1) is 0 Å². The molecular formula is C10H10O5. The number of para-hydroxylation sites is 1. The highest BCUT2D eigenvalue weighted by atomic mass is 16.4. The fourth-order valence-corrected chi connectivity index (χ4v) is 1.29. The predicted octanol–water partition coefficient (Wildman–Crippen LogP) is 1.04. The van der Waals surface area contributed by atoms with Gasteiger partial charge in [-0.05, 0) is 6.07 Å². The molecule has 3 N–H and O–H groups in total. The van der Waals surface area contributed by atoms with Crippen molar-refractivity contribution in [3.8, 4) is 5.75 Å². The van der Waals surface area contributed by atoms with Gasteiger partial charge in [-0.3, -0.25) is 9.59 Å². The molecule has 0 saturated heterocycles. The second-order valence-electron chi connectivity index (χ2n) is 3.05. The molecule has 0 aliphatic carbocycles. The third-order valence-corrected chi connectivity index (χ3v) is 1.99. The van der Waals surface area contributed by atoms with Crippen molar-refractivity contribution < 1.29 is 24.9 Å². The Morgan fingerprint density at radius 3 is 2.27 bits per heavy atom. The molecular weight excluding hydrogens is 200 g/mol. The van der Waals surface area contributed by atoms with E-state index in [-0.39, 0.29) is 11.3 Å². The summed E-state index contributed by atoms with van der Waals surface area (Å²) in [7, 11) is 0. The molecule has 5 heteroatoms. The molecule has 0 heterocycles. The largest absolute Gasteiger partial charge is 0.508 e. The minimum atomic E-state index is -1.26.